The van der Waals surface area contributed by atoms with Gasteiger partial charge in [-0.05, 0) is 73.1 Å². The van der Waals surface area contributed by atoms with E-state index in [0.717, 1.165) is 38.5 Å². The highest BCUT2D eigenvalue weighted by atomic mass is 16.5. The van der Waals surface area contributed by atoms with Gasteiger partial charge in [-0.1, -0.05) is 6.92 Å². The molecule has 0 aliphatic heterocycles. The number of ketones is 1. The number of aryl methyl sites for hydroxylation is 1. The molecule has 1 N–H and O–H groups in total. The van der Waals surface area contributed by atoms with E-state index < -0.39 is 0 Å². The van der Waals surface area contributed by atoms with E-state index in [1.807, 2.05) is 12.1 Å². The van der Waals surface area contributed by atoms with Crippen LogP contribution in [-0.4, -0.2) is 18.0 Å². The number of Topliss-reactive ketones (excluding diaryl/α,β-unsaturated/α-hetero) is 1. The molecule has 3 heteroatoms. The van der Waals surface area contributed by atoms with Crippen molar-refractivity contribution in [3.63, 3.8) is 0 Å². The van der Waals surface area contributed by atoms with Gasteiger partial charge in [0.25, 0.3) is 0 Å². The van der Waals surface area contributed by atoms with Gasteiger partial charge in [0.15, 0.2) is 11.5 Å². The minimum Gasteiger partial charge on any atom is -0.504 e. The second kappa shape index (κ2) is 4.74. The van der Waals surface area contributed by atoms with E-state index in [9.17, 15) is 9.90 Å². The number of rotatable bonds is 1. The van der Waals surface area contributed by atoms with Crippen molar-refractivity contribution in [1.29, 1.82) is 0 Å². The van der Waals surface area contributed by atoms with E-state index in [1.54, 1.807) is 7.11 Å². The summed E-state index contributed by atoms with van der Waals surface area (Å²) >= 11 is 0. The largest absolute Gasteiger partial charge is 0.504 e. The summed E-state index contributed by atoms with van der Waals surface area (Å²) in [6.07, 6.45) is 6.10. The summed E-state index contributed by atoms with van der Waals surface area (Å²) in [5, 5.41) is 10.0. The zero-order valence-corrected chi connectivity index (χ0v) is 13.4. The van der Waals surface area contributed by atoms with Crippen LogP contribution < -0.4 is 4.74 Å². The third kappa shape index (κ3) is 1.77. The normalized spacial score (nSPS) is 36.5. The second-order valence-electron chi connectivity index (χ2n) is 7.56. The van der Waals surface area contributed by atoms with Crippen LogP contribution in [0.15, 0.2) is 12.1 Å². The Balaban J connectivity index is 1.74. The number of benzene rings is 1. The van der Waals surface area contributed by atoms with Gasteiger partial charge in [-0.25, -0.2) is 0 Å². The molecule has 3 aliphatic rings. The molecule has 2 fully saturated rings. The summed E-state index contributed by atoms with van der Waals surface area (Å²) in [7, 11) is 1.61. The zero-order valence-electron chi connectivity index (χ0n) is 13.4. The number of ether oxygens (including phenoxy) is 1. The van der Waals surface area contributed by atoms with Gasteiger partial charge in [0.2, 0.25) is 0 Å². The number of methoxy groups -OCH3 is 1. The molecule has 0 radical (unpaired) electrons. The molecule has 0 heterocycles. The standard InChI is InChI=1S/C19H24O3/c1-19-8-7-12-13(15(19)5-6-18(19)21)4-3-11-9-16(20)17(22-2)10-14(11)12/h9-10,12-13,15,20H,3-8H2,1-2H3. The lowest BCUT2D eigenvalue weighted by molar-refractivity contribution is -0.129. The van der Waals surface area contributed by atoms with Crippen molar-refractivity contribution in [1.82, 2.24) is 0 Å². The Morgan fingerprint density at radius 1 is 1.23 bits per heavy atom. The maximum atomic E-state index is 12.3. The molecule has 0 saturated heterocycles. The highest BCUT2D eigenvalue weighted by molar-refractivity contribution is 5.87. The molecule has 0 aromatic heterocycles. The molecule has 118 valence electrons. The molecule has 1 aromatic carbocycles. The molecular formula is C19H24O3. The first-order valence-corrected chi connectivity index (χ1v) is 8.47. The fraction of sp³-hybridized carbons (Fsp3) is 0.632. The molecule has 0 bridgehead atoms. The smallest absolute Gasteiger partial charge is 0.160 e. The first-order chi connectivity index (χ1) is 10.5. The van der Waals surface area contributed by atoms with Crippen LogP contribution in [0.2, 0.25) is 0 Å². The van der Waals surface area contributed by atoms with E-state index in [0.29, 0.717) is 29.3 Å². The van der Waals surface area contributed by atoms with Crippen LogP contribution in [0.3, 0.4) is 0 Å². The fourth-order valence-corrected chi connectivity index (χ4v) is 5.52. The number of phenolic OH excluding ortho intramolecular Hbond substituents is 1. The number of carbonyl (C=O) groups excluding carboxylic acids is 1. The van der Waals surface area contributed by atoms with E-state index in [1.165, 1.54) is 11.1 Å². The summed E-state index contributed by atoms with van der Waals surface area (Å²) in [5.74, 6) is 3.01. The van der Waals surface area contributed by atoms with Gasteiger partial charge in [-0.2, -0.15) is 0 Å². The first-order valence-electron chi connectivity index (χ1n) is 8.47. The van der Waals surface area contributed by atoms with Crippen LogP contribution in [-0.2, 0) is 11.2 Å². The highest BCUT2D eigenvalue weighted by Gasteiger charge is 2.54. The number of phenols is 1. The summed E-state index contributed by atoms with van der Waals surface area (Å²) in [4.78, 5) is 12.3. The quantitative estimate of drug-likeness (QED) is 0.857. The van der Waals surface area contributed by atoms with Crippen LogP contribution in [0.5, 0.6) is 11.5 Å². The molecule has 4 atom stereocenters. The molecule has 4 rings (SSSR count). The van der Waals surface area contributed by atoms with E-state index in [-0.39, 0.29) is 11.2 Å². The Labute approximate surface area is 131 Å². The predicted molar refractivity (Wildman–Crippen MR) is 84.3 cm³/mol. The summed E-state index contributed by atoms with van der Waals surface area (Å²) in [6.45, 7) is 2.20. The number of hydrogen-bond acceptors (Lipinski definition) is 3. The highest BCUT2D eigenvalue weighted by Crippen LogP contribution is 2.60. The SMILES string of the molecule is COc1cc2c(cc1O)CCC1C2CCC2(C)C(=O)CCC12. The lowest BCUT2D eigenvalue weighted by Gasteiger charge is -2.48. The average Bonchev–Trinajstić information content (AvgIpc) is 2.82. The maximum absolute atomic E-state index is 12.3. The van der Waals surface area contributed by atoms with E-state index in [4.69, 9.17) is 4.74 Å². The molecule has 0 amide bonds. The van der Waals surface area contributed by atoms with Crippen molar-refractivity contribution >= 4 is 5.78 Å². The molecular weight excluding hydrogens is 276 g/mol. The minimum absolute atomic E-state index is 0.0698. The summed E-state index contributed by atoms with van der Waals surface area (Å²) in [5.41, 5.74) is 2.56. The van der Waals surface area contributed by atoms with E-state index >= 15 is 0 Å². The molecule has 0 spiro atoms. The van der Waals surface area contributed by atoms with Gasteiger partial charge in [0.1, 0.15) is 5.78 Å². The van der Waals surface area contributed by atoms with Crippen molar-refractivity contribution in [3.8, 4) is 11.5 Å². The Morgan fingerprint density at radius 2 is 2.05 bits per heavy atom. The van der Waals surface area contributed by atoms with Crippen LogP contribution in [0.1, 0.15) is 56.1 Å². The Hall–Kier alpha value is -1.51. The summed E-state index contributed by atoms with van der Waals surface area (Å²) in [6, 6.07) is 3.93. The number of carbonyl (C=O) groups is 1. The fourth-order valence-electron chi connectivity index (χ4n) is 5.52. The van der Waals surface area contributed by atoms with Crippen LogP contribution in [0.25, 0.3) is 0 Å². The van der Waals surface area contributed by atoms with Crippen molar-refractivity contribution in [2.75, 3.05) is 7.11 Å². The summed E-state index contributed by atoms with van der Waals surface area (Å²) < 4.78 is 5.31. The number of hydrogen-bond donors (Lipinski definition) is 1. The molecule has 1 aromatic rings. The van der Waals surface area contributed by atoms with Crippen molar-refractivity contribution in [2.45, 2.75) is 51.4 Å². The first kappa shape index (κ1) is 14.1. The third-order valence-electron chi connectivity index (χ3n) is 6.73. The predicted octanol–water partition coefficient (Wildman–Crippen LogP) is 3.83. The van der Waals surface area contributed by atoms with Gasteiger partial charge in [-0.3, -0.25) is 4.79 Å². The lowest BCUT2D eigenvalue weighted by Crippen LogP contribution is -2.42. The van der Waals surface area contributed by atoms with Crippen molar-refractivity contribution < 1.29 is 14.6 Å². The zero-order chi connectivity index (χ0) is 15.5. The minimum atomic E-state index is -0.0698. The Morgan fingerprint density at radius 3 is 2.82 bits per heavy atom. The molecule has 3 nitrogen and oxygen atoms in total. The molecule has 3 aliphatic carbocycles. The molecule has 4 unspecified atom stereocenters. The van der Waals surface area contributed by atoms with Gasteiger partial charge >= 0.3 is 0 Å². The van der Waals surface area contributed by atoms with Crippen LogP contribution in [0.4, 0.5) is 0 Å². The topological polar surface area (TPSA) is 46.5 Å². The second-order valence-corrected chi connectivity index (χ2v) is 7.56. The van der Waals surface area contributed by atoms with Crippen LogP contribution >= 0.6 is 0 Å². The monoisotopic (exact) mass is 300 g/mol. The maximum Gasteiger partial charge on any atom is 0.160 e. The van der Waals surface area contributed by atoms with Gasteiger partial charge < -0.3 is 9.84 Å². The third-order valence-corrected chi connectivity index (χ3v) is 6.73. The number of fused-ring (bicyclic) bond motifs is 5. The molecule has 2 saturated carbocycles. The average molecular weight is 300 g/mol. The van der Waals surface area contributed by atoms with Gasteiger partial charge in [0.05, 0.1) is 7.11 Å². The molecule has 22 heavy (non-hydrogen) atoms. The Kier molecular flexibility index (Phi) is 3.04. The number of aromatic hydroxyl groups is 1. The van der Waals surface area contributed by atoms with Crippen molar-refractivity contribution in [2.24, 2.45) is 17.3 Å². The van der Waals surface area contributed by atoms with Crippen molar-refractivity contribution in [3.05, 3.63) is 23.3 Å². The Bertz CT molecular complexity index is 636. The van der Waals surface area contributed by atoms with Crippen LogP contribution in [0, 0.1) is 17.3 Å². The van der Waals surface area contributed by atoms with Gasteiger partial charge in [-0.15, -0.1) is 0 Å². The van der Waals surface area contributed by atoms with E-state index in [2.05, 4.69) is 6.92 Å². The lowest BCUT2D eigenvalue weighted by atomic mass is 9.55. The van der Waals surface area contributed by atoms with Gasteiger partial charge in [0, 0.05) is 11.8 Å².